The van der Waals surface area contributed by atoms with Crippen LogP contribution in [0.4, 0.5) is 0 Å². The third kappa shape index (κ3) is 0.905. The van der Waals surface area contributed by atoms with E-state index in [4.69, 9.17) is 5.73 Å². The molecule has 3 nitrogen and oxygen atoms in total. The van der Waals surface area contributed by atoms with Gasteiger partial charge in [0.1, 0.15) is 0 Å². The van der Waals surface area contributed by atoms with Crippen LogP contribution in [0.15, 0.2) is 24.5 Å². The van der Waals surface area contributed by atoms with E-state index in [1.807, 2.05) is 22.9 Å². The average molecular weight is 161 g/mol. The largest absolute Gasteiger partial charge is 0.325 e. The number of pyridine rings is 1. The van der Waals surface area contributed by atoms with Crippen LogP contribution in [0.1, 0.15) is 11.4 Å². The maximum absolute atomic E-state index is 5.53. The third-order valence-corrected chi connectivity index (χ3v) is 2.05. The number of aryl methyl sites for hydroxylation is 1. The second kappa shape index (κ2) is 2.60. The molecule has 2 rings (SSSR count). The summed E-state index contributed by atoms with van der Waals surface area (Å²) in [6.45, 7) is 2.55. The Morgan fingerprint density at radius 2 is 2.33 bits per heavy atom. The van der Waals surface area contributed by atoms with E-state index in [0.717, 1.165) is 11.2 Å². The summed E-state index contributed by atoms with van der Waals surface area (Å²) in [7, 11) is 0. The fourth-order valence-electron chi connectivity index (χ4n) is 1.37. The van der Waals surface area contributed by atoms with Gasteiger partial charge in [-0.15, -0.1) is 0 Å². The minimum Gasteiger partial charge on any atom is -0.325 e. The molecule has 0 aromatic carbocycles. The normalized spacial score (nSPS) is 10.8. The first-order chi connectivity index (χ1) is 5.83. The summed E-state index contributed by atoms with van der Waals surface area (Å²) in [4.78, 5) is 4.21. The van der Waals surface area contributed by atoms with Crippen LogP contribution in [-0.4, -0.2) is 9.38 Å². The summed E-state index contributed by atoms with van der Waals surface area (Å²) in [5.41, 5.74) is 8.78. The van der Waals surface area contributed by atoms with E-state index in [2.05, 4.69) is 18.0 Å². The average Bonchev–Trinajstić information content (AvgIpc) is 2.49. The highest BCUT2D eigenvalue weighted by molar-refractivity contribution is 5.52. The molecule has 0 bridgehead atoms. The summed E-state index contributed by atoms with van der Waals surface area (Å²) >= 11 is 0. The van der Waals surface area contributed by atoms with Crippen LogP contribution in [0, 0.1) is 6.92 Å². The fraction of sp³-hybridized carbons (Fsp3) is 0.222. The van der Waals surface area contributed by atoms with Gasteiger partial charge in [0.25, 0.3) is 0 Å². The van der Waals surface area contributed by atoms with Crippen molar-refractivity contribution in [1.29, 1.82) is 0 Å². The van der Waals surface area contributed by atoms with Gasteiger partial charge in [-0.3, -0.25) is 0 Å². The van der Waals surface area contributed by atoms with Crippen LogP contribution in [0.2, 0.25) is 0 Å². The van der Waals surface area contributed by atoms with Crippen molar-refractivity contribution in [2.75, 3.05) is 0 Å². The summed E-state index contributed by atoms with van der Waals surface area (Å²) in [5.74, 6) is 0. The van der Waals surface area contributed by atoms with Gasteiger partial charge in [-0.25, -0.2) is 4.98 Å². The topological polar surface area (TPSA) is 43.3 Å². The molecule has 0 aliphatic carbocycles. The molecule has 12 heavy (non-hydrogen) atoms. The first-order valence-corrected chi connectivity index (χ1v) is 3.94. The van der Waals surface area contributed by atoms with Gasteiger partial charge in [0, 0.05) is 12.2 Å². The number of hydrogen-bond donors (Lipinski definition) is 1. The van der Waals surface area contributed by atoms with Gasteiger partial charge in [0.05, 0.1) is 17.5 Å². The zero-order chi connectivity index (χ0) is 8.55. The van der Waals surface area contributed by atoms with Crippen LogP contribution in [0.3, 0.4) is 0 Å². The molecular formula is C9H11N3. The molecule has 0 saturated carbocycles. The molecule has 3 heteroatoms. The molecule has 0 amide bonds. The number of nitrogens with zero attached hydrogens (tertiary/aromatic N) is 2. The second-order valence-corrected chi connectivity index (χ2v) is 2.82. The highest BCUT2D eigenvalue weighted by Gasteiger charge is 2.01. The minimum atomic E-state index is 0.500. The molecule has 2 aromatic rings. The number of fused-ring (bicyclic) bond motifs is 1. The molecule has 0 radical (unpaired) electrons. The van der Waals surface area contributed by atoms with Crippen molar-refractivity contribution in [2.24, 2.45) is 5.73 Å². The van der Waals surface area contributed by atoms with Crippen molar-refractivity contribution in [3.63, 3.8) is 0 Å². The highest BCUT2D eigenvalue weighted by atomic mass is 15.0. The van der Waals surface area contributed by atoms with Crippen LogP contribution in [0.5, 0.6) is 0 Å². The molecule has 0 spiro atoms. The predicted molar refractivity (Wildman–Crippen MR) is 47.8 cm³/mol. The lowest BCUT2D eigenvalue weighted by atomic mass is 10.3. The van der Waals surface area contributed by atoms with Crippen molar-refractivity contribution in [2.45, 2.75) is 13.5 Å². The van der Waals surface area contributed by atoms with Crippen LogP contribution >= 0.6 is 0 Å². The van der Waals surface area contributed by atoms with Crippen molar-refractivity contribution in [1.82, 2.24) is 9.38 Å². The number of nitrogens with two attached hydrogens (primary N) is 1. The monoisotopic (exact) mass is 161 g/mol. The van der Waals surface area contributed by atoms with E-state index in [-0.39, 0.29) is 0 Å². The minimum absolute atomic E-state index is 0.500. The van der Waals surface area contributed by atoms with Gasteiger partial charge in [0.2, 0.25) is 0 Å². The Labute approximate surface area is 70.8 Å². The zero-order valence-electron chi connectivity index (χ0n) is 6.99. The smallest absolute Gasteiger partial charge is 0.0998 e. The lowest BCUT2D eigenvalue weighted by molar-refractivity contribution is 1.02. The maximum Gasteiger partial charge on any atom is 0.0998 e. The molecule has 2 N–H and O–H groups in total. The lowest BCUT2D eigenvalue weighted by Gasteiger charge is -1.98. The molecule has 0 aliphatic rings. The fourth-order valence-corrected chi connectivity index (χ4v) is 1.37. The molecule has 2 aromatic heterocycles. The first-order valence-electron chi connectivity index (χ1n) is 3.94. The van der Waals surface area contributed by atoms with Crippen LogP contribution in [-0.2, 0) is 6.54 Å². The second-order valence-electron chi connectivity index (χ2n) is 2.82. The Bertz CT molecular complexity index is 403. The van der Waals surface area contributed by atoms with Gasteiger partial charge in [-0.2, -0.15) is 0 Å². The molecule has 0 atom stereocenters. The maximum atomic E-state index is 5.53. The summed E-state index contributed by atoms with van der Waals surface area (Å²) < 4.78 is 2.04. The highest BCUT2D eigenvalue weighted by Crippen LogP contribution is 2.10. The molecule has 0 aliphatic heterocycles. The number of imidazole rings is 1. The molecule has 0 saturated heterocycles. The van der Waals surface area contributed by atoms with Gasteiger partial charge in [-0.05, 0) is 19.1 Å². The number of rotatable bonds is 1. The van der Waals surface area contributed by atoms with Crippen molar-refractivity contribution in [3.8, 4) is 0 Å². The van der Waals surface area contributed by atoms with Crippen molar-refractivity contribution in [3.05, 3.63) is 35.9 Å². The van der Waals surface area contributed by atoms with E-state index < -0.39 is 0 Å². The van der Waals surface area contributed by atoms with Crippen LogP contribution < -0.4 is 5.73 Å². The molecular weight excluding hydrogens is 150 g/mol. The van der Waals surface area contributed by atoms with Gasteiger partial charge < -0.3 is 10.1 Å². The van der Waals surface area contributed by atoms with Gasteiger partial charge >= 0.3 is 0 Å². The van der Waals surface area contributed by atoms with Gasteiger partial charge in [0.15, 0.2) is 0 Å². The number of aromatic nitrogens is 2. The predicted octanol–water partition coefficient (Wildman–Crippen LogP) is 1.10. The molecule has 0 unspecified atom stereocenters. The van der Waals surface area contributed by atoms with Gasteiger partial charge in [-0.1, -0.05) is 6.07 Å². The quantitative estimate of drug-likeness (QED) is 0.680. The molecule has 2 heterocycles. The lowest BCUT2D eigenvalue weighted by Crippen LogP contribution is -1.97. The van der Waals surface area contributed by atoms with E-state index in [9.17, 15) is 0 Å². The van der Waals surface area contributed by atoms with E-state index in [0.29, 0.717) is 6.54 Å². The SMILES string of the molecule is Cc1cccc2c(CN)ncn12. The third-order valence-electron chi connectivity index (χ3n) is 2.05. The number of hydrogen-bond acceptors (Lipinski definition) is 2. The first kappa shape index (κ1) is 7.31. The summed E-state index contributed by atoms with van der Waals surface area (Å²) in [6, 6.07) is 6.10. The molecule has 62 valence electrons. The van der Waals surface area contributed by atoms with Crippen LogP contribution in [0.25, 0.3) is 5.52 Å². The van der Waals surface area contributed by atoms with E-state index in [1.54, 1.807) is 0 Å². The van der Waals surface area contributed by atoms with Crippen molar-refractivity contribution < 1.29 is 0 Å². The molecule has 0 fully saturated rings. The Morgan fingerprint density at radius 3 is 3.08 bits per heavy atom. The van der Waals surface area contributed by atoms with E-state index >= 15 is 0 Å². The Kier molecular flexibility index (Phi) is 1.59. The zero-order valence-corrected chi connectivity index (χ0v) is 6.99. The Hall–Kier alpha value is -1.35. The van der Waals surface area contributed by atoms with E-state index in [1.165, 1.54) is 5.69 Å². The summed E-state index contributed by atoms with van der Waals surface area (Å²) in [6.07, 6.45) is 1.81. The Balaban J connectivity index is 2.80. The summed E-state index contributed by atoms with van der Waals surface area (Å²) in [5, 5.41) is 0. The van der Waals surface area contributed by atoms with Crippen molar-refractivity contribution >= 4 is 5.52 Å². The Morgan fingerprint density at radius 1 is 1.50 bits per heavy atom. The standard InChI is InChI=1S/C9H11N3/c1-7-3-2-4-9-8(5-10)11-6-12(7)9/h2-4,6H,5,10H2,1H3.